The van der Waals surface area contributed by atoms with E-state index in [-0.39, 0.29) is 0 Å². The van der Waals surface area contributed by atoms with Crippen molar-refractivity contribution in [3.8, 4) is 67.5 Å². The van der Waals surface area contributed by atoms with E-state index in [1.54, 1.807) is 0 Å². The highest BCUT2D eigenvalue weighted by molar-refractivity contribution is 6.10. The molecule has 10 aromatic carbocycles. The summed E-state index contributed by atoms with van der Waals surface area (Å²) in [6.07, 6.45) is 0. The van der Waals surface area contributed by atoms with Crippen LogP contribution in [-0.4, -0.2) is 9.97 Å². The van der Waals surface area contributed by atoms with Crippen LogP contribution in [0.2, 0.25) is 0 Å². The molecule has 3 nitrogen and oxygen atoms in total. The van der Waals surface area contributed by atoms with Gasteiger partial charge in [0.15, 0.2) is 0 Å². The predicted molar refractivity (Wildman–Crippen MR) is 241 cm³/mol. The van der Waals surface area contributed by atoms with Gasteiger partial charge in [0.25, 0.3) is 11.6 Å². The molecule has 0 saturated carbocycles. The second-order valence-electron chi connectivity index (χ2n) is 14.9. The fourth-order valence-corrected chi connectivity index (χ4v) is 8.46. The Bertz CT molecular complexity index is 3340. The van der Waals surface area contributed by atoms with E-state index in [1.807, 2.05) is 18.2 Å². The molecule has 0 amide bonds. The Morgan fingerprint density at radius 2 is 0.690 bits per heavy atom. The van der Waals surface area contributed by atoms with Crippen LogP contribution in [0.15, 0.2) is 212 Å². The number of aromatic nitrogens is 3. The maximum atomic E-state index is 5.36. The summed E-state index contributed by atoms with van der Waals surface area (Å²) < 4.78 is 0. The molecule has 11 aromatic rings. The zero-order valence-electron chi connectivity index (χ0n) is 31.6. The average Bonchev–Trinajstić information content (AvgIpc) is 3.31. The first-order valence-electron chi connectivity index (χ1n) is 19.7. The first-order valence-corrected chi connectivity index (χ1v) is 19.7. The number of nitrogens with one attached hydrogen (secondary N) is 1. The van der Waals surface area contributed by atoms with E-state index in [4.69, 9.17) is 9.97 Å². The highest BCUT2D eigenvalue weighted by Crippen LogP contribution is 2.39. The van der Waals surface area contributed by atoms with E-state index in [2.05, 4.69) is 199 Å². The van der Waals surface area contributed by atoms with Crippen molar-refractivity contribution >= 4 is 43.1 Å². The molecule has 1 heterocycles. The minimum absolute atomic E-state index is 0.658. The minimum Gasteiger partial charge on any atom is -0.240 e. The lowest BCUT2D eigenvalue weighted by Crippen LogP contribution is -2.18. The van der Waals surface area contributed by atoms with Gasteiger partial charge < -0.3 is 0 Å². The van der Waals surface area contributed by atoms with Gasteiger partial charge in [0, 0.05) is 0 Å². The van der Waals surface area contributed by atoms with E-state index < -0.39 is 0 Å². The van der Waals surface area contributed by atoms with Crippen LogP contribution in [-0.2, 0) is 0 Å². The highest BCUT2D eigenvalue weighted by atomic mass is 15.0. The summed E-state index contributed by atoms with van der Waals surface area (Å²) in [5.41, 5.74) is 9.64. The normalized spacial score (nSPS) is 11.4. The van der Waals surface area contributed by atoms with Crippen molar-refractivity contribution in [1.29, 1.82) is 0 Å². The molecule has 0 fully saturated rings. The van der Waals surface area contributed by atoms with Crippen LogP contribution in [0.4, 0.5) is 0 Å². The molecule has 1 aromatic heterocycles. The first kappa shape index (κ1) is 33.6. The molecule has 0 aliphatic carbocycles. The number of nitrogens with zero attached hydrogens (tertiary/aromatic N) is 2. The van der Waals surface area contributed by atoms with Gasteiger partial charge >= 0.3 is 5.82 Å². The van der Waals surface area contributed by atoms with Crippen molar-refractivity contribution in [3.05, 3.63) is 212 Å². The van der Waals surface area contributed by atoms with Crippen LogP contribution in [0.1, 0.15) is 0 Å². The molecular formula is C55H36N3+. The molecule has 270 valence electrons. The number of benzene rings is 10. The van der Waals surface area contributed by atoms with Gasteiger partial charge in [0.05, 0.1) is 16.7 Å². The molecule has 1 N–H and O–H groups in total. The molecule has 0 aliphatic heterocycles. The summed E-state index contributed by atoms with van der Waals surface area (Å²) in [5, 5.41) is 9.85. The van der Waals surface area contributed by atoms with Crippen molar-refractivity contribution in [2.75, 3.05) is 0 Å². The second kappa shape index (κ2) is 14.1. The van der Waals surface area contributed by atoms with E-state index in [0.29, 0.717) is 5.82 Å². The van der Waals surface area contributed by atoms with Gasteiger partial charge in [-0.15, -0.1) is 0 Å². The summed E-state index contributed by atoms with van der Waals surface area (Å²) >= 11 is 0. The Labute approximate surface area is 336 Å². The number of fused-ring (bicyclic) bond motifs is 6. The standard InChI is InChI=1S/C55H35N3/c1-3-13-36(14-4-1)45-19-11-12-22-49(45)54-56-53(41-17-5-2-6-18-41)57-55(58-54)52-34-43(42-29-27-39-25-23-37-15-7-9-20-46(37)50(39)33-42)31-32-48(52)44-30-28-40-26-24-38-16-8-10-21-47(38)51(40)35-44/h1-35H/p+1. The Morgan fingerprint density at radius 3 is 1.34 bits per heavy atom. The van der Waals surface area contributed by atoms with Crippen molar-refractivity contribution in [1.82, 2.24) is 9.97 Å². The molecule has 0 bridgehead atoms. The van der Waals surface area contributed by atoms with Gasteiger partial charge in [0.2, 0.25) is 0 Å². The van der Waals surface area contributed by atoms with E-state index in [1.165, 1.54) is 43.1 Å². The number of hydrogen-bond acceptors (Lipinski definition) is 2. The molecule has 0 saturated heterocycles. The third-order valence-electron chi connectivity index (χ3n) is 11.4. The number of hydrogen-bond donors (Lipinski definition) is 0. The van der Waals surface area contributed by atoms with Crippen LogP contribution in [0.25, 0.3) is 111 Å². The topological polar surface area (TPSA) is 39.9 Å². The number of H-pyrrole nitrogens is 1. The van der Waals surface area contributed by atoms with Gasteiger partial charge in [-0.2, -0.15) is 0 Å². The van der Waals surface area contributed by atoms with Crippen LogP contribution in [0.5, 0.6) is 0 Å². The molecule has 0 radical (unpaired) electrons. The molecule has 0 spiro atoms. The summed E-state index contributed by atoms with van der Waals surface area (Å²) in [7, 11) is 0. The maximum absolute atomic E-state index is 5.36. The van der Waals surface area contributed by atoms with Crippen molar-refractivity contribution in [2.45, 2.75) is 0 Å². The van der Waals surface area contributed by atoms with Crippen molar-refractivity contribution in [2.24, 2.45) is 0 Å². The lowest BCUT2D eigenvalue weighted by atomic mass is 9.91. The van der Waals surface area contributed by atoms with Gasteiger partial charge in [-0.1, -0.05) is 186 Å². The molecule has 3 heteroatoms. The van der Waals surface area contributed by atoms with Crippen molar-refractivity contribution in [3.63, 3.8) is 0 Å². The third-order valence-corrected chi connectivity index (χ3v) is 11.4. The maximum Gasteiger partial charge on any atom is 0.308 e. The van der Waals surface area contributed by atoms with E-state index in [0.717, 1.165) is 61.7 Å². The number of aromatic amines is 1. The van der Waals surface area contributed by atoms with Crippen LogP contribution in [0.3, 0.4) is 0 Å². The molecule has 11 rings (SSSR count). The fourth-order valence-electron chi connectivity index (χ4n) is 8.46. The number of rotatable bonds is 6. The average molecular weight is 739 g/mol. The van der Waals surface area contributed by atoms with E-state index >= 15 is 0 Å². The smallest absolute Gasteiger partial charge is 0.240 e. The highest BCUT2D eigenvalue weighted by Gasteiger charge is 2.24. The second-order valence-corrected chi connectivity index (χ2v) is 14.9. The van der Waals surface area contributed by atoms with Gasteiger partial charge in [-0.25, -0.2) is 4.98 Å². The fraction of sp³-hybridized carbons (Fsp3) is 0. The Hall–Kier alpha value is -7.75. The summed E-state index contributed by atoms with van der Waals surface area (Å²) in [6, 6.07) is 75.8. The molecule has 0 aliphatic rings. The lowest BCUT2D eigenvalue weighted by Gasteiger charge is -2.14. The van der Waals surface area contributed by atoms with E-state index in [9.17, 15) is 0 Å². The van der Waals surface area contributed by atoms with Crippen LogP contribution < -0.4 is 4.98 Å². The van der Waals surface area contributed by atoms with Gasteiger partial charge in [-0.3, -0.25) is 0 Å². The molecule has 0 atom stereocenters. The SMILES string of the molecule is c1ccc(-c2nc(-c3ccccc3-c3ccccc3)[nH+]c(-c3cc(-c4ccc5ccc6ccccc6c5c4)ccc3-c3ccc4ccc5ccccc5c4c3)n2)cc1. The lowest BCUT2D eigenvalue weighted by molar-refractivity contribution is -0.359. The Balaban J connectivity index is 1.18. The van der Waals surface area contributed by atoms with Crippen LogP contribution >= 0.6 is 0 Å². The zero-order valence-corrected chi connectivity index (χ0v) is 31.6. The third kappa shape index (κ3) is 5.98. The molecular weight excluding hydrogens is 703 g/mol. The molecule has 0 unspecified atom stereocenters. The Morgan fingerprint density at radius 1 is 0.259 bits per heavy atom. The molecule has 58 heavy (non-hydrogen) atoms. The Kier molecular flexibility index (Phi) is 8.15. The minimum atomic E-state index is 0.658. The predicted octanol–water partition coefficient (Wildman–Crippen LogP) is 13.9. The van der Waals surface area contributed by atoms with Crippen molar-refractivity contribution < 1.29 is 4.98 Å². The quantitative estimate of drug-likeness (QED) is 0.159. The zero-order chi connectivity index (χ0) is 38.4. The monoisotopic (exact) mass is 738 g/mol. The van der Waals surface area contributed by atoms with Crippen LogP contribution in [0, 0.1) is 0 Å². The van der Waals surface area contributed by atoms with Gasteiger partial charge in [0.1, 0.15) is 0 Å². The largest absolute Gasteiger partial charge is 0.308 e. The summed E-state index contributed by atoms with van der Waals surface area (Å²) in [5.74, 6) is 2.15. The first-order chi connectivity index (χ1) is 28.7. The summed E-state index contributed by atoms with van der Waals surface area (Å²) in [4.78, 5) is 14.4. The van der Waals surface area contributed by atoms with Gasteiger partial charge in [-0.05, 0) is 113 Å². The summed E-state index contributed by atoms with van der Waals surface area (Å²) in [6.45, 7) is 0.